The average molecular weight is 343 g/mol. The molecule has 0 saturated heterocycles. The van der Waals surface area contributed by atoms with E-state index in [1.54, 1.807) is 0 Å². The molecule has 1 amide bonds. The quantitative estimate of drug-likeness (QED) is 0.579. The zero-order valence-electron chi connectivity index (χ0n) is 12.1. The number of nitrogens with zero attached hydrogens (tertiary/aromatic N) is 4. The van der Waals surface area contributed by atoms with E-state index in [0.717, 1.165) is 0 Å². The lowest BCUT2D eigenvalue weighted by Gasteiger charge is -2.28. The molecule has 0 bridgehead atoms. The molecule has 0 saturated carbocycles. The molecular formula is C11H15ClN8OS. The largest absolute Gasteiger partial charge is 0.382 e. The summed E-state index contributed by atoms with van der Waals surface area (Å²) in [6.07, 6.45) is 1.84. The molecule has 0 aliphatic carbocycles. The van der Waals surface area contributed by atoms with E-state index in [1.165, 1.54) is 11.8 Å². The SMILES string of the molecule is CSC1=NC(C)(C)NC(NC(=O)c2nc(Cl)c(N)nc2N)=N1. The predicted molar refractivity (Wildman–Crippen MR) is 88.9 cm³/mol. The molecule has 22 heavy (non-hydrogen) atoms. The van der Waals surface area contributed by atoms with Crippen molar-refractivity contribution in [1.82, 2.24) is 20.6 Å². The van der Waals surface area contributed by atoms with Gasteiger partial charge in [-0.25, -0.2) is 15.0 Å². The van der Waals surface area contributed by atoms with Crippen LogP contribution in [0, 0.1) is 0 Å². The molecule has 2 heterocycles. The highest BCUT2D eigenvalue weighted by atomic mass is 35.5. The van der Waals surface area contributed by atoms with Gasteiger partial charge in [0.25, 0.3) is 5.91 Å². The summed E-state index contributed by atoms with van der Waals surface area (Å²) in [5.41, 5.74) is 10.4. The Kier molecular flexibility index (Phi) is 4.42. The molecule has 0 atom stereocenters. The van der Waals surface area contributed by atoms with Gasteiger partial charge in [-0.2, -0.15) is 4.99 Å². The van der Waals surface area contributed by atoms with Gasteiger partial charge in [-0.1, -0.05) is 23.4 Å². The number of halogens is 1. The number of nitrogen functional groups attached to an aromatic ring is 2. The Hall–Kier alpha value is -2.07. The van der Waals surface area contributed by atoms with Crippen LogP contribution >= 0.6 is 23.4 Å². The second-order valence-electron chi connectivity index (χ2n) is 4.83. The summed E-state index contributed by atoms with van der Waals surface area (Å²) >= 11 is 7.12. The number of carbonyl (C=O) groups is 1. The Morgan fingerprint density at radius 3 is 2.64 bits per heavy atom. The van der Waals surface area contributed by atoms with Gasteiger partial charge in [0, 0.05) is 0 Å². The monoisotopic (exact) mass is 342 g/mol. The predicted octanol–water partition coefficient (Wildman–Crippen LogP) is 0.439. The van der Waals surface area contributed by atoms with Crippen molar-refractivity contribution in [1.29, 1.82) is 0 Å². The number of aliphatic imine (C=N–C) groups is 2. The minimum absolute atomic E-state index is 0.0400. The highest BCUT2D eigenvalue weighted by Crippen LogP contribution is 2.18. The van der Waals surface area contributed by atoms with Gasteiger partial charge in [0.2, 0.25) is 5.96 Å². The van der Waals surface area contributed by atoms with Crippen molar-refractivity contribution in [3.63, 3.8) is 0 Å². The maximum atomic E-state index is 12.2. The number of hydrogen-bond acceptors (Lipinski definition) is 9. The van der Waals surface area contributed by atoms with E-state index >= 15 is 0 Å². The van der Waals surface area contributed by atoms with Crippen LogP contribution in [0.25, 0.3) is 0 Å². The number of anilines is 2. The molecule has 11 heteroatoms. The summed E-state index contributed by atoms with van der Waals surface area (Å²) < 4.78 is 0. The minimum Gasteiger partial charge on any atom is -0.382 e. The van der Waals surface area contributed by atoms with Crippen LogP contribution in [0.3, 0.4) is 0 Å². The van der Waals surface area contributed by atoms with E-state index in [2.05, 4.69) is 30.6 Å². The first-order valence-corrected chi connectivity index (χ1v) is 7.72. The summed E-state index contributed by atoms with van der Waals surface area (Å²) in [5.74, 6) is -0.518. The van der Waals surface area contributed by atoms with Gasteiger partial charge < -0.3 is 16.8 Å². The number of hydrogen-bond donors (Lipinski definition) is 4. The molecule has 0 aromatic carbocycles. The van der Waals surface area contributed by atoms with Crippen LogP contribution in [-0.4, -0.2) is 38.9 Å². The first-order valence-electron chi connectivity index (χ1n) is 6.12. The van der Waals surface area contributed by atoms with Crippen molar-refractivity contribution >= 4 is 52.0 Å². The first kappa shape index (κ1) is 16.3. The molecule has 0 radical (unpaired) electrons. The Labute approximate surface area is 136 Å². The van der Waals surface area contributed by atoms with Crippen molar-refractivity contribution < 1.29 is 4.79 Å². The Morgan fingerprint density at radius 2 is 2.00 bits per heavy atom. The van der Waals surface area contributed by atoms with Crippen molar-refractivity contribution in [3.8, 4) is 0 Å². The third-order valence-electron chi connectivity index (χ3n) is 2.54. The molecule has 0 fully saturated rings. The Balaban J connectivity index is 2.24. The van der Waals surface area contributed by atoms with E-state index in [-0.39, 0.29) is 28.4 Å². The maximum Gasteiger partial charge on any atom is 0.280 e. The van der Waals surface area contributed by atoms with Gasteiger partial charge in [-0.05, 0) is 20.1 Å². The molecule has 9 nitrogen and oxygen atoms in total. The number of thioether (sulfide) groups is 1. The molecule has 1 aliphatic rings. The second kappa shape index (κ2) is 5.97. The first-order chi connectivity index (χ1) is 10.2. The summed E-state index contributed by atoms with van der Waals surface area (Å²) in [5, 5.41) is 5.98. The van der Waals surface area contributed by atoms with Gasteiger partial charge in [-0.3, -0.25) is 10.1 Å². The lowest BCUT2D eigenvalue weighted by molar-refractivity contribution is 0.0971. The normalized spacial score (nSPS) is 16.4. The third kappa shape index (κ3) is 3.57. The van der Waals surface area contributed by atoms with Crippen molar-refractivity contribution in [3.05, 3.63) is 10.8 Å². The van der Waals surface area contributed by atoms with Crippen LogP contribution in [0.1, 0.15) is 24.3 Å². The number of nitrogens with one attached hydrogen (secondary N) is 2. The molecule has 1 aromatic heterocycles. The lowest BCUT2D eigenvalue weighted by Crippen LogP contribution is -2.52. The maximum absolute atomic E-state index is 12.2. The Bertz CT molecular complexity index is 687. The van der Waals surface area contributed by atoms with Gasteiger partial charge in [0.15, 0.2) is 27.7 Å². The van der Waals surface area contributed by atoms with Gasteiger partial charge >= 0.3 is 0 Å². The number of amidine groups is 1. The molecule has 6 N–H and O–H groups in total. The summed E-state index contributed by atoms with van der Waals surface area (Å²) in [6.45, 7) is 3.69. The van der Waals surface area contributed by atoms with E-state index in [1.807, 2.05) is 20.1 Å². The average Bonchev–Trinajstić information content (AvgIpc) is 2.40. The number of nitrogens with two attached hydrogens (primary N) is 2. The van der Waals surface area contributed by atoms with E-state index in [9.17, 15) is 4.79 Å². The number of aromatic nitrogens is 2. The van der Waals surface area contributed by atoms with Crippen LogP contribution in [-0.2, 0) is 0 Å². The fourth-order valence-corrected chi connectivity index (χ4v) is 2.26. The van der Waals surface area contributed by atoms with Crippen molar-refractivity contribution in [2.75, 3.05) is 17.7 Å². The molecular weight excluding hydrogens is 328 g/mol. The third-order valence-corrected chi connectivity index (χ3v) is 3.37. The summed E-state index contributed by atoms with van der Waals surface area (Å²) in [4.78, 5) is 28.4. The van der Waals surface area contributed by atoms with Crippen molar-refractivity contribution in [2.24, 2.45) is 9.98 Å². The lowest BCUT2D eigenvalue weighted by atomic mass is 10.2. The van der Waals surface area contributed by atoms with Crippen LogP contribution in [0.2, 0.25) is 5.15 Å². The topological polar surface area (TPSA) is 144 Å². The minimum atomic E-state index is -0.601. The molecule has 0 unspecified atom stereocenters. The van der Waals surface area contributed by atoms with Crippen LogP contribution in [0.5, 0.6) is 0 Å². The van der Waals surface area contributed by atoms with Gasteiger partial charge in [-0.15, -0.1) is 0 Å². The van der Waals surface area contributed by atoms with Crippen LogP contribution in [0.15, 0.2) is 9.98 Å². The van der Waals surface area contributed by atoms with E-state index in [4.69, 9.17) is 23.1 Å². The molecule has 118 valence electrons. The fourth-order valence-electron chi connectivity index (χ4n) is 1.63. The standard InChI is InChI=1S/C11H15ClN8OS/c1-11(2)19-9(18-10(20-11)22-3)17-8(21)4-6(13)16-7(14)5(12)15-4/h1-3H3,(H4,13,14,16)(H2,17,18,19,20,21). The summed E-state index contributed by atoms with van der Waals surface area (Å²) in [6, 6.07) is 0. The van der Waals surface area contributed by atoms with E-state index in [0.29, 0.717) is 5.17 Å². The highest BCUT2D eigenvalue weighted by Gasteiger charge is 2.26. The molecule has 0 spiro atoms. The fraction of sp³-hybridized carbons (Fsp3) is 0.364. The zero-order valence-corrected chi connectivity index (χ0v) is 13.7. The van der Waals surface area contributed by atoms with Gasteiger partial charge in [0.1, 0.15) is 5.66 Å². The van der Waals surface area contributed by atoms with Gasteiger partial charge in [0.05, 0.1) is 0 Å². The second-order valence-corrected chi connectivity index (χ2v) is 5.96. The number of rotatable bonds is 1. The van der Waals surface area contributed by atoms with E-state index < -0.39 is 11.6 Å². The smallest absolute Gasteiger partial charge is 0.280 e. The number of guanidine groups is 1. The molecule has 2 rings (SSSR count). The zero-order chi connectivity index (χ0) is 16.5. The summed E-state index contributed by atoms with van der Waals surface area (Å²) in [7, 11) is 0. The highest BCUT2D eigenvalue weighted by molar-refractivity contribution is 8.13. The number of carbonyl (C=O) groups excluding carboxylic acids is 1. The van der Waals surface area contributed by atoms with Crippen LogP contribution < -0.4 is 22.1 Å². The van der Waals surface area contributed by atoms with Crippen LogP contribution in [0.4, 0.5) is 11.6 Å². The Morgan fingerprint density at radius 1 is 1.32 bits per heavy atom. The number of amides is 1. The van der Waals surface area contributed by atoms with Crippen molar-refractivity contribution in [2.45, 2.75) is 19.5 Å². The molecule has 1 aromatic rings. The molecule has 1 aliphatic heterocycles.